The van der Waals surface area contributed by atoms with Crippen LogP contribution in [0.15, 0.2) is 34.9 Å². The number of carbonyl (C=O) groups excluding carboxylic acids is 2. The zero-order valence-electron chi connectivity index (χ0n) is 30.5. The lowest BCUT2D eigenvalue weighted by molar-refractivity contribution is -0.214. The summed E-state index contributed by atoms with van der Waals surface area (Å²) in [5.74, 6) is -2.56. The minimum absolute atomic E-state index is 0.0157. The van der Waals surface area contributed by atoms with E-state index in [1.165, 1.54) is 12.3 Å². The van der Waals surface area contributed by atoms with Crippen LogP contribution in [0.4, 0.5) is 5.13 Å². The van der Waals surface area contributed by atoms with Gasteiger partial charge in [-0.05, 0) is 70.3 Å². The number of β-lactam (4-membered cyclic amide) rings is 1. The fourth-order valence-corrected chi connectivity index (χ4v) is 6.83. The van der Waals surface area contributed by atoms with Crippen molar-refractivity contribution in [2.75, 3.05) is 18.9 Å². The lowest BCUT2D eigenvalue weighted by Gasteiger charge is -2.50. The van der Waals surface area contributed by atoms with E-state index in [2.05, 4.69) is 15.5 Å². The average Bonchev–Trinajstić information content (AvgIpc) is 3.73. The Bertz CT molecular complexity index is 1910. The Kier molecular flexibility index (Phi) is 13.9. The molecule has 5 rings (SSSR count). The quantitative estimate of drug-likeness (QED) is 0.0440. The monoisotopic (exact) mass is 793 g/mol. The predicted molar refractivity (Wildman–Crippen MR) is 199 cm³/mol. The van der Waals surface area contributed by atoms with E-state index in [4.69, 9.17) is 35.3 Å². The van der Waals surface area contributed by atoms with E-state index in [0.29, 0.717) is 37.4 Å². The molecule has 296 valence electrons. The molecule has 10 N–H and O–H groups in total. The number of nitrogens with two attached hydrogens (primary N) is 2. The number of nitrogens with zero attached hydrogens (tertiary/aromatic N) is 5. The largest absolute Gasteiger partial charge is 0.485 e. The molecule has 2 aromatic heterocycles. The van der Waals surface area contributed by atoms with Crippen molar-refractivity contribution in [2.45, 2.75) is 96.4 Å². The Morgan fingerprint density at radius 2 is 2.06 bits per heavy atom. The second-order valence-electron chi connectivity index (χ2n) is 12.9. The third kappa shape index (κ3) is 8.56. The van der Waals surface area contributed by atoms with Crippen LogP contribution >= 0.6 is 23.7 Å². The summed E-state index contributed by atoms with van der Waals surface area (Å²) in [6.07, 6.45) is 0.783. The van der Waals surface area contributed by atoms with Crippen LogP contribution in [0.5, 0.6) is 5.75 Å². The highest BCUT2D eigenvalue weighted by Gasteiger charge is 2.57. The van der Waals surface area contributed by atoms with Crippen molar-refractivity contribution in [3.8, 4) is 17.0 Å². The number of aliphatic carboxylic acids is 1. The van der Waals surface area contributed by atoms with Crippen LogP contribution in [0.3, 0.4) is 0 Å². The number of carboxylic acids is 1. The summed E-state index contributed by atoms with van der Waals surface area (Å²) in [6.45, 7) is 8.90. The fraction of sp³-hybridized carbons (Fsp3) is 0.515. The van der Waals surface area contributed by atoms with E-state index in [0.717, 1.165) is 27.5 Å². The average molecular weight is 794 g/mol. The summed E-state index contributed by atoms with van der Waals surface area (Å²) in [5, 5.41) is 47.3. The molecule has 0 spiro atoms. The smallest absolute Gasteiger partial charge is 0.354 e. The molecule has 54 heavy (non-hydrogen) atoms. The Morgan fingerprint density at radius 1 is 1.33 bits per heavy atom. The van der Waals surface area contributed by atoms with Gasteiger partial charge in [-0.3, -0.25) is 15.0 Å². The van der Waals surface area contributed by atoms with Crippen molar-refractivity contribution in [2.24, 2.45) is 10.9 Å². The van der Waals surface area contributed by atoms with Crippen molar-refractivity contribution in [1.82, 2.24) is 24.5 Å². The lowest BCUT2D eigenvalue weighted by Crippen LogP contribution is -2.76. The molecule has 19 nitrogen and oxygen atoms in total. The minimum Gasteiger partial charge on any atom is -0.485 e. The third-order valence-corrected chi connectivity index (χ3v) is 9.90. The molecule has 21 heteroatoms. The third-order valence-electron chi connectivity index (χ3n) is 9.01. The normalized spacial score (nSPS) is 19.3. The number of carbonyl (C=O) groups is 3. The van der Waals surface area contributed by atoms with Crippen molar-refractivity contribution in [3.63, 3.8) is 0 Å². The number of rotatable bonds is 16. The first-order chi connectivity index (χ1) is 25.7. The van der Waals surface area contributed by atoms with Crippen molar-refractivity contribution >= 4 is 52.3 Å². The number of ether oxygens (including phenoxy) is 1. The number of amides is 2. The number of imidazole rings is 1. The van der Waals surface area contributed by atoms with Crippen LogP contribution in [0, 0.1) is 5.41 Å². The molecule has 4 unspecified atom stereocenters. The first-order valence-electron chi connectivity index (χ1n) is 17.1. The van der Waals surface area contributed by atoms with Gasteiger partial charge in [0.25, 0.3) is 17.4 Å². The Morgan fingerprint density at radius 3 is 2.65 bits per heavy atom. The van der Waals surface area contributed by atoms with Crippen LogP contribution in [0.1, 0.15) is 58.7 Å². The summed E-state index contributed by atoms with van der Waals surface area (Å²) in [6, 6.07) is 4.25. The van der Waals surface area contributed by atoms with Gasteiger partial charge in [-0.15, -0.1) is 11.3 Å². The van der Waals surface area contributed by atoms with E-state index in [1.54, 1.807) is 41.3 Å². The highest BCUT2D eigenvalue weighted by atomic mass is 32.2. The van der Waals surface area contributed by atoms with Crippen LogP contribution in [0.25, 0.3) is 11.3 Å². The number of aryl methyl sites for hydroxylation is 1. The molecule has 4 heterocycles. The summed E-state index contributed by atoms with van der Waals surface area (Å²) in [4.78, 5) is 48.7. The SMILES string of the molecule is CC.CC(O/N=C(\C(=O)NC1C(=O)N(OSO)C1(C)C)c1csc(N)n1)(C(=O)O)C1CCc2cc(-c3cn(CC(O)CO)c(=N)n3CCCN)ccc2O1. The number of hydrogen-bond donors (Lipinski definition) is 8. The number of hydrogen-bond acceptors (Lipinski definition) is 16. The number of nitrogens with one attached hydrogen (secondary N) is 2. The van der Waals surface area contributed by atoms with Crippen molar-refractivity contribution < 1.29 is 48.1 Å². The van der Waals surface area contributed by atoms with Crippen LogP contribution in [-0.2, 0) is 43.0 Å². The van der Waals surface area contributed by atoms with E-state index >= 15 is 0 Å². The Hall–Kier alpha value is -4.51. The van der Waals surface area contributed by atoms with Crippen LogP contribution in [-0.4, -0.2) is 105 Å². The first-order valence-corrected chi connectivity index (χ1v) is 18.7. The maximum absolute atomic E-state index is 13.5. The molecule has 1 fully saturated rings. The Labute approximate surface area is 319 Å². The molecule has 4 atom stereocenters. The molecule has 3 aromatic rings. The van der Waals surface area contributed by atoms with Gasteiger partial charge in [0.15, 0.2) is 29.3 Å². The van der Waals surface area contributed by atoms with Gasteiger partial charge in [0.1, 0.15) is 17.5 Å². The van der Waals surface area contributed by atoms with Crippen molar-refractivity contribution in [3.05, 3.63) is 46.7 Å². The molecule has 2 aliphatic heterocycles. The van der Waals surface area contributed by atoms with Gasteiger partial charge >= 0.3 is 5.97 Å². The predicted octanol–water partition coefficient (Wildman–Crippen LogP) is 1.32. The fourth-order valence-electron chi connectivity index (χ4n) is 5.95. The number of aliphatic hydroxyl groups is 2. The molecule has 1 aromatic carbocycles. The van der Waals surface area contributed by atoms with Gasteiger partial charge in [0, 0.05) is 23.7 Å². The minimum atomic E-state index is -2.10. The molecule has 0 saturated carbocycles. The molecule has 0 radical (unpaired) electrons. The topological polar surface area (TPSA) is 286 Å². The van der Waals surface area contributed by atoms with Gasteiger partial charge < -0.3 is 55.4 Å². The molecule has 2 amide bonds. The standard InChI is InChI=1S/C31H41N9O10S2.C2H6/c1-30(2)24(26(44)40(30)50-52-47)36-25(43)23(19-15-51-28(33)35-19)37-49-31(3,27(45)46)22-8-6-17-11-16(5-7-21(17)48-22)20-13-38(12-18(42)14-41)29(34)39(20)10-4-9-32;1-2/h5,7,11,13,15,18,22,24,34,41-42,47H,4,6,8-10,12,14,32H2,1-3H3,(H2,33,35)(H,36,43)(H,45,46);1-2H3/b34-29?,37-23-;. The van der Waals surface area contributed by atoms with Gasteiger partial charge in [0.2, 0.25) is 5.62 Å². The van der Waals surface area contributed by atoms with E-state index < -0.39 is 59.5 Å². The van der Waals surface area contributed by atoms with Gasteiger partial charge in [0.05, 0.1) is 30.5 Å². The van der Waals surface area contributed by atoms with Crippen LogP contribution in [0.2, 0.25) is 0 Å². The van der Waals surface area contributed by atoms with Crippen molar-refractivity contribution in [1.29, 1.82) is 5.41 Å². The molecular weight excluding hydrogens is 747 g/mol. The number of oxime groups is 1. The zero-order chi connectivity index (χ0) is 40.0. The van der Waals surface area contributed by atoms with E-state index in [-0.39, 0.29) is 41.7 Å². The molecule has 1 saturated heterocycles. The second-order valence-corrected chi connectivity index (χ2v) is 14.1. The lowest BCUT2D eigenvalue weighted by atomic mass is 9.84. The highest BCUT2D eigenvalue weighted by molar-refractivity contribution is 7.88. The Balaban J connectivity index is 0.00000319. The molecule has 2 aliphatic rings. The summed E-state index contributed by atoms with van der Waals surface area (Å²) in [5.41, 5.74) is 10.3. The maximum atomic E-state index is 13.5. The van der Waals surface area contributed by atoms with Gasteiger partial charge in [-0.2, -0.15) is 9.35 Å². The number of hydroxylamine groups is 2. The number of fused-ring (bicyclic) bond motifs is 1. The number of aromatic nitrogens is 3. The first kappa shape index (κ1) is 42.2. The number of aliphatic hydroxyl groups excluding tert-OH is 2. The number of carboxylic acid groups (broad SMARTS) is 1. The summed E-state index contributed by atoms with van der Waals surface area (Å²) in [7, 11) is 0. The number of nitrogen functional groups attached to an aromatic ring is 1. The number of anilines is 1. The van der Waals surface area contributed by atoms with Gasteiger partial charge in [-0.25, -0.2) is 9.78 Å². The maximum Gasteiger partial charge on any atom is 0.354 e. The molecule has 0 aliphatic carbocycles. The second kappa shape index (κ2) is 17.8. The molecular formula is C33H47N9O10S2. The highest BCUT2D eigenvalue weighted by Crippen LogP contribution is 2.37. The van der Waals surface area contributed by atoms with Gasteiger partial charge in [-0.1, -0.05) is 19.0 Å². The summed E-state index contributed by atoms with van der Waals surface area (Å²) < 4.78 is 23.4. The molecule has 0 bridgehead atoms. The van der Waals surface area contributed by atoms with E-state index in [9.17, 15) is 29.7 Å². The number of benzene rings is 1. The van der Waals surface area contributed by atoms with Crippen LogP contribution < -0.4 is 27.1 Å². The number of thiazole rings is 1. The zero-order valence-corrected chi connectivity index (χ0v) is 32.1. The van der Waals surface area contributed by atoms with E-state index in [1.807, 2.05) is 19.9 Å². The summed E-state index contributed by atoms with van der Waals surface area (Å²) >= 11 is 0.988.